The number of benzene rings is 1. The molecule has 0 aliphatic carbocycles. The molecule has 0 aliphatic rings. The SMILES string of the molecule is Cc1ccc(C(=O)c2ccc(Br)cc2)c(=O)n1CCC(=O)O. The van der Waals surface area contributed by atoms with Gasteiger partial charge in [0.25, 0.3) is 5.56 Å². The van der Waals surface area contributed by atoms with Crippen LogP contribution in [0.3, 0.4) is 0 Å². The van der Waals surface area contributed by atoms with Crippen LogP contribution in [0.2, 0.25) is 0 Å². The topological polar surface area (TPSA) is 76.4 Å². The quantitative estimate of drug-likeness (QED) is 0.828. The number of hydrogen-bond acceptors (Lipinski definition) is 3. The number of carboxylic acid groups (broad SMARTS) is 1. The maximum absolute atomic E-state index is 12.4. The molecule has 114 valence electrons. The number of carboxylic acids is 1. The highest BCUT2D eigenvalue weighted by Gasteiger charge is 2.16. The van der Waals surface area contributed by atoms with Crippen molar-refractivity contribution >= 4 is 27.7 Å². The Bertz CT molecular complexity index is 778. The van der Waals surface area contributed by atoms with E-state index in [9.17, 15) is 14.4 Å². The minimum Gasteiger partial charge on any atom is -0.481 e. The van der Waals surface area contributed by atoms with Crippen LogP contribution in [0.25, 0.3) is 0 Å². The van der Waals surface area contributed by atoms with Crippen LogP contribution in [0.5, 0.6) is 0 Å². The molecule has 5 nitrogen and oxygen atoms in total. The lowest BCUT2D eigenvalue weighted by molar-refractivity contribution is -0.137. The number of hydrogen-bond donors (Lipinski definition) is 1. The summed E-state index contributed by atoms with van der Waals surface area (Å²) in [5, 5.41) is 8.75. The van der Waals surface area contributed by atoms with Gasteiger partial charge in [-0.1, -0.05) is 15.9 Å². The van der Waals surface area contributed by atoms with Crippen molar-refractivity contribution in [3.63, 3.8) is 0 Å². The molecule has 0 bridgehead atoms. The van der Waals surface area contributed by atoms with E-state index in [0.29, 0.717) is 11.3 Å². The molecule has 1 aromatic carbocycles. The Morgan fingerprint density at radius 1 is 1.14 bits per heavy atom. The first kappa shape index (κ1) is 16.2. The summed E-state index contributed by atoms with van der Waals surface area (Å²) in [6.45, 7) is 1.75. The van der Waals surface area contributed by atoms with Crippen molar-refractivity contribution in [1.82, 2.24) is 4.57 Å². The van der Waals surface area contributed by atoms with E-state index in [4.69, 9.17) is 5.11 Å². The smallest absolute Gasteiger partial charge is 0.305 e. The number of rotatable bonds is 5. The lowest BCUT2D eigenvalue weighted by atomic mass is 10.0. The maximum atomic E-state index is 12.4. The second kappa shape index (κ2) is 6.70. The summed E-state index contributed by atoms with van der Waals surface area (Å²) in [5.74, 6) is -1.36. The number of ketones is 1. The van der Waals surface area contributed by atoms with Gasteiger partial charge in [0.05, 0.1) is 12.0 Å². The Morgan fingerprint density at radius 2 is 1.77 bits per heavy atom. The summed E-state index contributed by atoms with van der Waals surface area (Å²) in [6.07, 6.45) is -0.170. The van der Waals surface area contributed by atoms with Crippen LogP contribution in [-0.2, 0) is 11.3 Å². The second-order valence-corrected chi connectivity index (χ2v) is 5.74. The van der Waals surface area contributed by atoms with Crippen molar-refractivity contribution in [2.24, 2.45) is 0 Å². The van der Waals surface area contributed by atoms with Crippen LogP contribution in [0.15, 0.2) is 45.7 Å². The average molecular weight is 364 g/mol. The fraction of sp³-hybridized carbons (Fsp3) is 0.188. The highest BCUT2D eigenvalue weighted by molar-refractivity contribution is 9.10. The molecule has 6 heteroatoms. The molecule has 0 radical (unpaired) electrons. The normalized spacial score (nSPS) is 10.5. The predicted octanol–water partition coefficient (Wildman–Crippen LogP) is 2.62. The number of nitrogens with zero attached hydrogens (tertiary/aromatic N) is 1. The number of carbonyl (C=O) groups excluding carboxylic acids is 1. The van der Waals surface area contributed by atoms with Gasteiger partial charge in [-0.05, 0) is 43.3 Å². The van der Waals surface area contributed by atoms with Gasteiger partial charge >= 0.3 is 5.97 Å². The van der Waals surface area contributed by atoms with Gasteiger partial charge in [-0.3, -0.25) is 14.4 Å². The molecule has 0 spiro atoms. The third-order valence-electron chi connectivity index (χ3n) is 3.29. The van der Waals surface area contributed by atoms with Crippen LogP contribution >= 0.6 is 15.9 Å². The van der Waals surface area contributed by atoms with Gasteiger partial charge < -0.3 is 9.67 Å². The molecule has 2 aromatic rings. The van der Waals surface area contributed by atoms with Gasteiger partial charge in [0, 0.05) is 22.3 Å². The molecule has 0 unspecified atom stereocenters. The molecule has 0 fully saturated rings. The lowest BCUT2D eigenvalue weighted by Gasteiger charge is -2.10. The molecule has 1 heterocycles. The second-order valence-electron chi connectivity index (χ2n) is 4.82. The molecule has 1 aromatic heterocycles. The van der Waals surface area contributed by atoms with Gasteiger partial charge in [-0.2, -0.15) is 0 Å². The van der Waals surface area contributed by atoms with E-state index < -0.39 is 11.5 Å². The minimum absolute atomic E-state index is 0.0401. The zero-order valence-corrected chi connectivity index (χ0v) is 13.5. The zero-order valence-electron chi connectivity index (χ0n) is 11.9. The molecule has 2 rings (SSSR count). The van der Waals surface area contributed by atoms with Crippen molar-refractivity contribution in [3.05, 3.63) is 68.0 Å². The Labute approximate surface area is 135 Å². The highest BCUT2D eigenvalue weighted by Crippen LogP contribution is 2.13. The van der Waals surface area contributed by atoms with Gasteiger partial charge in [0.2, 0.25) is 0 Å². The van der Waals surface area contributed by atoms with E-state index in [-0.39, 0.29) is 24.3 Å². The molecule has 22 heavy (non-hydrogen) atoms. The van der Waals surface area contributed by atoms with Crippen molar-refractivity contribution in [2.75, 3.05) is 0 Å². The zero-order chi connectivity index (χ0) is 16.3. The maximum Gasteiger partial charge on any atom is 0.305 e. The van der Waals surface area contributed by atoms with Crippen LogP contribution in [0.4, 0.5) is 0 Å². The van der Waals surface area contributed by atoms with Crippen molar-refractivity contribution in [1.29, 1.82) is 0 Å². The molecule has 0 aliphatic heterocycles. The summed E-state index contributed by atoms with van der Waals surface area (Å²) in [5.41, 5.74) is 0.611. The van der Waals surface area contributed by atoms with Crippen LogP contribution in [0.1, 0.15) is 28.0 Å². The fourth-order valence-electron chi connectivity index (χ4n) is 2.09. The first-order valence-electron chi connectivity index (χ1n) is 6.62. The van der Waals surface area contributed by atoms with Crippen molar-refractivity contribution < 1.29 is 14.7 Å². The van der Waals surface area contributed by atoms with E-state index in [2.05, 4.69) is 15.9 Å². The van der Waals surface area contributed by atoms with Crippen LogP contribution in [-0.4, -0.2) is 21.4 Å². The Hall–Kier alpha value is -2.21. The van der Waals surface area contributed by atoms with E-state index in [1.54, 1.807) is 37.3 Å². The highest BCUT2D eigenvalue weighted by atomic mass is 79.9. The van der Waals surface area contributed by atoms with E-state index in [0.717, 1.165) is 4.47 Å². The Morgan fingerprint density at radius 3 is 2.36 bits per heavy atom. The molecular formula is C16H14BrNO4. The van der Waals surface area contributed by atoms with Crippen molar-refractivity contribution in [3.8, 4) is 0 Å². The third kappa shape index (κ3) is 3.51. The van der Waals surface area contributed by atoms with E-state index in [1.165, 1.54) is 10.6 Å². The standard InChI is InChI=1S/C16H14BrNO4/c1-10-2-7-13(16(22)18(10)9-8-14(19)20)15(21)11-3-5-12(17)6-4-11/h2-7H,8-9H2,1H3,(H,19,20). The van der Waals surface area contributed by atoms with Gasteiger partial charge in [0.1, 0.15) is 0 Å². The number of aliphatic carboxylic acids is 1. The first-order chi connectivity index (χ1) is 10.4. The van der Waals surface area contributed by atoms with Crippen LogP contribution in [0, 0.1) is 6.92 Å². The summed E-state index contributed by atoms with van der Waals surface area (Å²) in [4.78, 5) is 35.5. The van der Waals surface area contributed by atoms with Gasteiger partial charge in [-0.15, -0.1) is 0 Å². The molecule has 0 saturated heterocycles. The number of aryl methyl sites for hydroxylation is 1. The fourth-order valence-corrected chi connectivity index (χ4v) is 2.35. The van der Waals surface area contributed by atoms with Gasteiger partial charge in [0.15, 0.2) is 5.78 Å². The molecule has 0 atom stereocenters. The first-order valence-corrected chi connectivity index (χ1v) is 7.42. The Kier molecular flexibility index (Phi) is 4.92. The van der Waals surface area contributed by atoms with E-state index >= 15 is 0 Å². The third-order valence-corrected chi connectivity index (χ3v) is 3.82. The lowest BCUT2D eigenvalue weighted by Crippen LogP contribution is -2.29. The summed E-state index contributed by atoms with van der Waals surface area (Å²) >= 11 is 3.29. The van der Waals surface area contributed by atoms with Crippen molar-refractivity contribution in [2.45, 2.75) is 19.9 Å². The monoisotopic (exact) mass is 363 g/mol. The van der Waals surface area contributed by atoms with Gasteiger partial charge in [-0.25, -0.2) is 0 Å². The van der Waals surface area contributed by atoms with Crippen LogP contribution < -0.4 is 5.56 Å². The molecule has 0 amide bonds. The molecule has 0 saturated carbocycles. The number of halogens is 1. The molecule has 1 N–H and O–H groups in total. The largest absolute Gasteiger partial charge is 0.481 e. The Balaban J connectivity index is 2.41. The summed E-state index contributed by atoms with van der Waals surface area (Å²) in [6, 6.07) is 9.85. The summed E-state index contributed by atoms with van der Waals surface area (Å²) < 4.78 is 2.16. The minimum atomic E-state index is -0.990. The number of aromatic nitrogens is 1. The predicted molar refractivity (Wildman–Crippen MR) is 85.3 cm³/mol. The number of pyridine rings is 1. The van der Waals surface area contributed by atoms with E-state index in [1.807, 2.05) is 0 Å². The summed E-state index contributed by atoms with van der Waals surface area (Å²) in [7, 11) is 0. The molecular weight excluding hydrogens is 350 g/mol. The average Bonchev–Trinajstić information content (AvgIpc) is 2.47. The number of carbonyl (C=O) groups is 2.